The normalized spacial score (nSPS) is 20.4. The van der Waals surface area contributed by atoms with Gasteiger partial charge in [-0.15, -0.1) is 0 Å². The molecule has 0 spiro atoms. The predicted molar refractivity (Wildman–Crippen MR) is 101 cm³/mol. The van der Waals surface area contributed by atoms with Gasteiger partial charge in [0.2, 0.25) is 0 Å². The number of nitrogen functional groups attached to an aromatic ring is 1. The van der Waals surface area contributed by atoms with E-state index in [9.17, 15) is 9.18 Å². The number of rotatable bonds is 6. The molecule has 1 aromatic carbocycles. The van der Waals surface area contributed by atoms with Crippen LogP contribution in [0.15, 0.2) is 41.3 Å². The summed E-state index contributed by atoms with van der Waals surface area (Å²) in [6.45, 7) is 0.773. The quantitative estimate of drug-likeness (QED) is 0.822. The van der Waals surface area contributed by atoms with Crippen molar-refractivity contribution in [1.82, 2.24) is 14.5 Å². The predicted octanol–water partition coefficient (Wildman–Crippen LogP) is 1.86. The minimum atomic E-state index is -0.407. The molecule has 3 rings (SSSR count). The van der Waals surface area contributed by atoms with E-state index in [-0.39, 0.29) is 18.5 Å². The second kappa shape index (κ2) is 8.42. The molecule has 0 amide bonds. The molecule has 1 aliphatic carbocycles. The molecule has 1 aromatic heterocycles. The Labute approximate surface area is 152 Å². The molecule has 7 heteroatoms. The van der Waals surface area contributed by atoms with Crippen LogP contribution in [-0.2, 0) is 6.54 Å². The molecular formula is C19H26FN5O. The van der Waals surface area contributed by atoms with E-state index in [1.165, 1.54) is 4.57 Å². The number of alkyl halides is 1. The van der Waals surface area contributed by atoms with Crippen LogP contribution >= 0.6 is 0 Å². The molecule has 0 atom stereocenters. The van der Waals surface area contributed by atoms with E-state index >= 15 is 0 Å². The van der Waals surface area contributed by atoms with Crippen molar-refractivity contribution >= 4 is 5.82 Å². The minimum Gasteiger partial charge on any atom is -0.383 e. The van der Waals surface area contributed by atoms with Crippen molar-refractivity contribution in [1.29, 1.82) is 0 Å². The summed E-state index contributed by atoms with van der Waals surface area (Å²) in [6, 6.07) is 9.94. The molecule has 0 radical (unpaired) electrons. The molecule has 0 unspecified atom stereocenters. The molecular weight excluding hydrogens is 333 g/mol. The number of hydrogen-bond acceptors (Lipinski definition) is 5. The minimum absolute atomic E-state index is 0.205. The Morgan fingerprint density at radius 1 is 1.15 bits per heavy atom. The first-order valence-electron chi connectivity index (χ1n) is 9.07. The zero-order chi connectivity index (χ0) is 18.5. The highest BCUT2D eigenvalue weighted by molar-refractivity contribution is 5.36. The van der Waals surface area contributed by atoms with Gasteiger partial charge >= 0.3 is 5.69 Å². The van der Waals surface area contributed by atoms with Crippen molar-refractivity contribution in [2.75, 3.05) is 19.0 Å². The summed E-state index contributed by atoms with van der Waals surface area (Å²) in [5.41, 5.74) is 12.9. The average molecular weight is 359 g/mol. The molecule has 4 N–H and O–H groups in total. The second-order valence-corrected chi connectivity index (χ2v) is 6.90. The monoisotopic (exact) mass is 359 g/mol. The smallest absolute Gasteiger partial charge is 0.354 e. The van der Waals surface area contributed by atoms with Gasteiger partial charge in [-0.25, -0.2) is 9.18 Å². The van der Waals surface area contributed by atoms with E-state index < -0.39 is 5.69 Å². The lowest BCUT2D eigenvalue weighted by Crippen LogP contribution is -2.41. The summed E-state index contributed by atoms with van der Waals surface area (Å²) in [6.07, 6.45) is 5.65. The van der Waals surface area contributed by atoms with Gasteiger partial charge in [0.1, 0.15) is 12.5 Å². The van der Waals surface area contributed by atoms with E-state index in [4.69, 9.17) is 11.5 Å². The molecule has 0 saturated heterocycles. The molecule has 0 aliphatic heterocycles. The first-order valence-corrected chi connectivity index (χ1v) is 9.07. The van der Waals surface area contributed by atoms with Crippen molar-refractivity contribution in [3.05, 3.63) is 52.6 Å². The maximum Gasteiger partial charge on any atom is 0.354 e. The zero-order valence-electron chi connectivity index (χ0n) is 14.9. The lowest BCUT2D eigenvalue weighted by atomic mass is 9.90. The van der Waals surface area contributed by atoms with Crippen LogP contribution in [0.1, 0.15) is 31.2 Å². The van der Waals surface area contributed by atoms with E-state index in [0.29, 0.717) is 19.1 Å². The molecule has 0 bridgehead atoms. The first kappa shape index (κ1) is 18.5. The first-order chi connectivity index (χ1) is 12.6. The highest BCUT2D eigenvalue weighted by Gasteiger charge is 2.24. The van der Waals surface area contributed by atoms with Crippen LogP contribution in [0.4, 0.5) is 10.2 Å². The lowest BCUT2D eigenvalue weighted by molar-refractivity contribution is 0.132. The number of anilines is 1. The highest BCUT2D eigenvalue weighted by atomic mass is 19.1. The Morgan fingerprint density at radius 3 is 2.46 bits per heavy atom. The van der Waals surface area contributed by atoms with Crippen LogP contribution in [0.5, 0.6) is 0 Å². The number of aromatic nitrogens is 2. The second-order valence-electron chi connectivity index (χ2n) is 6.90. The van der Waals surface area contributed by atoms with Crippen molar-refractivity contribution in [2.24, 2.45) is 5.73 Å². The number of nitrogens with two attached hydrogens (primary N) is 2. The average Bonchev–Trinajstić information content (AvgIpc) is 2.63. The third-order valence-electron chi connectivity index (χ3n) is 5.05. The van der Waals surface area contributed by atoms with Crippen LogP contribution in [0.25, 0.3) is 5.69 Å². The van der Waals surface area contributed by atoms with Crippen LogP contribution in [0.3, 0.4) is 0 Å². The fourth-order valence-electron chi connectivity index (χ4n) is 3.58. The highest BCUT2D eigenvalue weighted by Crippen LogP contribution is 2.24. The lowest BCUT2D eigenvalue weighted by Gasteiger charge is -2.35. The third-order valence-corrected chi connectivity index (χ3v) is 5.05. The summed E-state index contributed by atoms with van der Waals surface area (Å²) in [4.78, 5) is 17.9. The summed E-state index contributed by atoms with van der Waals surface area (Å²) >= 11 is 0. The summed E-state index contributed by atoms with van der Waals surface area (Å²) in [5.74, 6) is 0.205. The number of benzene rings is 1. The molecule has 1 fully saturated rings. The Bertz CT molecular complexity index is 768. The Hall–Kier alpha value is -2.25. The fourth-order valence-corrected chi connectivity index (χ4v) is 3.58. The van der Waals surface area contributed by atoms with Gasteiger partial charge < -0.3 is 11.5 Å². The van der Waals surface area contributed by atoms with Gasteiger partial charge in [-0.1, -0.05) is 12.1 Å². The molecule has 1 heterocycles. The van der Waals surface area contributed by atoms with Crippen LogP contribution < -0.4 is 17.2 Å². The molecule has 140 valence electrons. The molecule has 1 saturated carbocycles. The van der Waals surface area contributed by atoms with Gasteiger partial charge in [-0.05, 0) is 49.4 Å². The van der Waals surface area contributed by atoms with Crippen LogP contribution in [-0.4, -0.2) is 39.8 Å². The van der Waals surface area contributed by atoms with Crippen LogP contribution in [0, 0.1) is 0 Å². The summed E-state index contributed by atoms with van der Waals surface area (Å²) in [5, 5.41) is 0. The molecule has 1 aliphatic rings. The SMILES string of the molecule is Nc1ccn(-c2ccc(CN(CCF)[C@H]3CC[C@H](N)CC3)cc2)c(=O)n1. The van der Waals surface area contributed by atoms with Crippen molar-refractivity contribution in [2.45, 2.75) is 44.3 Å². The van der Waals surface area contributed by atoms with Gasteiger partial charge in [0.25, 0.3) is 0 Å². The Kier molecular flexibility index (Phi) is 6.00. The number of hydrogen-bond donors (Lipinski definition) is 2. The topological polar surface area (TPSA) is 90.2 Å². The van der Waals surface area contributed by atoms with Gasteiger partial charge in [-0.2, -0.15) is 4.98 Å². The van der Waals surface area contributed by atoms with E-state index in [2.05, 4.69) is 9.88 Å². The van der Waals surface area contributed by atoms with Crippen molar-refractivity contribution in [3.8, 4) is 5.69 Å². The number of nitrogens with zero attached hydrogens (tertiary/aromatic N) is 3. The summed E-state index contributed by atoms with van der Waals surface area (Å²) in [7, 11) is 0. The third kappa shape index (κ3) is 4.47. The Balaban J connectivity index is 1.71. The van der Waals surface area contributed by atoms with Crippen molar-refractivity contribution in [3.63, 3.8) is 0 Å². The summed E-state index contributed by atoms with van der Waals surface area (Å²) < 4.78 is 14.5. The fraction of sp³-hybridized carbons (Fsp3) is 0.474. The van der Waals surface area contributed by atoms with E-state index in [1.807, 2.05) is 24.3 Å². The van der Waals surface area contributed by atoms with E-state index in [0.717, 1.165) is 36.9 Å². The maximum absolute atomic E-state index is 13.0. The maximum atomic E-state index is 13.0. The van der Waals surface area contributed by atoms with Crippen LogP contribution in [0.2, 0.25) is 0 Å². The molecule has 6 nitrogen and oxygen atoms in total. The van der Waals surface area contributed by atoms with Gasteiger partial charge in [0.05, 0.1) is 5.69 Å². The van der Waals surface area contributed by atoms with Crippen molar-refractivity contribution < 1.29 is 4.39 Å². The number of halogens is 1. The molecule has 2 aromatic rings. The molecule has 26 heavy (non-hydrogen) atoms. The van der Waals surface area contributed by atoms with Gasteiger partial charge in [0.15, 0.2) is 0 Å². The zero-order valence-corrected chi connectivity index (χ0v) is 14.9. The van der Waals surface area contributed by atoms with E-state index in [1.54, 1.807) is 12.3 Å². The largest absolute Gasteiger partial charge is 0.383 e. The van der Waals surface area contributed by atoms with Gasteiger partial charge in [0, 0.05) is 31.4 Å². The standard InChI is InChI=1S/C19H26FN5O/c20-10-12-24(16-7-3-15(21)4-8-16)13-14-1-5-17(6-2-14)25-11-9-18(22)23-19(25)26/h1-2,5-6,9,11,15-16H,3-4,7-8,10,12-13,21H2,(H2,22,23,26)/t15-,16-. The Morgan fingerprint density at radius 2 is 1.85 bits per heavy atom. The van der Waals surface area contributed by atoms with Gasteiger partial charge in [-0.3, -0.25) is 9.47 Å².